The number of carbonyl (C=O) groups excluding carboxylic acids is 2. The maximum Gasteiger partial charge on any atom is 0.347 e. The van der Waals surface area contributed by atoms with Gasteiger partial charge in [-0.2, -0.15) is 8.78 Å². The minimum Gasteiger partial charge on any atom is -0.496 e. The second-order valence-corrected chi connectivity index (χ2v) is 14.5. The standard InChI is InChI=1S/C31H37F3N2O9S/c1-29(28(39)40)11-8-19(9-12-29)45-25-15-21(24(43-4)16-23(25)32)26(37)36-30(2)17-44-13-10-22(30)27(38)35-18-6-5-7-20(14-18)46(41,42)31(3,33)34/h5-7,14-16,19,22H,8-13,17H2,1-4H3,(H,35,38)(H,36,37)(H,39,40)/t19?,22-,29?,30+/m0/s1. The number of ether oxygens (including phenoxy) is 3. The van der Waals surface area contributed by atoms with Crippen LogP contribution in [0.25, 0.3) is 0 Å². The lowest BCUT2D eigenvalue weighted by molar-refractivity contribution is -0.150. The normalized spacial score (nSPS) is 25.3. The Morgan fingerprint density at radius 1 is 1.07 bits per heavy atom. The number of amides is 2. The van der Waals surface area contributed by atoms with Crippen LogP contribution in [0.3, 0.4) is 0 Å². The van der Waals surface area contributed by atoms with Crippen LogP contribution in [0, 0.1) is 17.2 Å². The van der Waals surface area contributed by atoms with Crippen LogP contribution < -0.4 is 20.1 Å². The molecule has 3 N–H and O–H groups in total. The summed E-state index contributed by atoms with van der Waals surface area (Å²) in [5, 5.41) is 10.8. The number of benzene rings is 2. The first-order valence-corrected chi connectivity index (χ1v) is 16.1. The molecule has 2 aromatic carbocycles. The third kappa shape index (κ3) is 7.25. The average Bonchev–Trinajstić information content (AvgIpc) is 2.98. The van der Waals surface area contributed by atoms with E-state index in [0.717, 1.165) is 18.2 Å². The monoisotopic (exact) mass is 670 g/mol. The van der Waals surface area contributed by atoms with Gasteiger partial charge in [0, 0.05) is 25.3 Å². The van der Waals surface area contributed by atoms with E-state index in [1.165, 1.54) is 25.3 Å². The Morgan fingerprint density at radius 2 is 1.74 bits per heavy atom. The van der Waals surface area contributed by atoms with Crippen LogP contribution >= 0.6 is 0 Å². The molecule has 2 amide bonds. The summed E-state index contributed by atoms with van der Waals surface area (Å²) in [6.45, 7) is 3.56. The first kappa shape index (κ1) is 35.0. The molecule has 1 saturated carbocycles. The number of carboxylic acids is 1. The number of hydrogen-bond donors (Lipinski definition) is 3. The summed E-state index contributed by atoms with van der Waals surface area (Å²) < 4.78 is 83.6. The Bertz CT molecular complexity index is 1600. The second kappa shape index (κ2) is 13.1. The van der Waals surface area contributed by atoms with Crippen molar-refractivity contribution in [1.82, 2.24) is 5.32 Å². The second-order valence-electron chi connectivity index (χ2n) is 12.3. The molecule has 0 radical (unpaired) electrons. The van der Waals surface area contributed by atoms with Gasteiger partial charge in [-0.3, -0.25) is 14.4 Å². The van der Waals surface area contributed by atoms with Gasteiger partial charge in [0.25, 0.3) is 5.91 Å². The summed E-state index contributed by atoms with van der Waals surface area (Å²) in [5.41, 5.74) is -2.34. The van der Waals surface area contributed by atoms with Crippen LogP contribution in [0.15, 0.2) is 41.3 Å². The van der Waals surface area contributed by atoms with Crippen LogP contribution in [-0.4, -0.2) is 68.5 Å². The smallest absolute Gasteiger partial charge is 0.347 e. The molecule has 1 heterocycles. The molecule has 2 aromatic rings. The first-order chi connectivity index (χ1) is 21.4. The van der Waals surface area contributed by atoms with Crippen molar-refractivity contribution in [2.45, 2.75) is 74.7 Å². The van der Waals surface area contributed by atoms with Gasteiger partial charge >= 0.3 is 11.2 Å². The fourth-order valence-electron chi connectivity index (χ4n) is 5.66. The summed E-state index contributed by atoms with van der Waals surface area (Å²) in [4.78, 5) is 38.0. The van der Waals surface area contributed by atoms with Gasteiger partial charge in [0.2, 0.25) is 15.7 Å². The summed E-state index contributed by atoms with van der Waals surface area (Å²) >= 11 is 0. The van der Waals surface area contributed by atoms with Gasteiger partial charge in [-0.15, -0.1) is 0 Å². The molecule has 0 spiro atoms. The highest BCUT2D eigenvalue weighted by molar-refractivity contribution is 7.92. The quantitative estimate of drug-likeness (QED) is 0.323. The molecule has 0 aromatic heterocycles. The molecule has 15 heteroatoms. The number of anilines is 1. The highest BCUT2D eigenvalue weighted by atomic mass is 32.2. The number of aliphatic carboxylic acids is 1. The van der Waals surface area contributed by atoms with E-state index in [9.17, 15) is 36.7 Å². The van der Waals surface area contributed by atoms with Crippen molar-refractivity contribution in [3.63, 3.8) is 0 Å². The molecule has 2 fully saturated rings. The molecule has 2 aliphatic rings. The van der Waals surface area contributed by atoms with Crippen molar-refractivity contribution >= 4 is 33.3 Å². The Kier molecular flexibility index (Phi) is 9.97. The number of carboxylic acid groups (broad SMARTS) is 1. The Hall–Kier alpha value is -3.85. The van der Waals surface area contributed by atoms with E-state index in [0.29, 0.717) is 25.7 Å². The van der Waals surface area contributed by atoms with Gasteiger partial charge in [-0.05, 0) is 70.2 Å². The molecular weight excluding hydrogens is 633 g/mol. The summed E-state index contributed by atoms with van der Waals surface area (Å²) in [5.74, 6) is -4.27. The van der Waals surface area contributed by atoms with Crippen LogP contribution in [0.2, 0.25) is 0 Å². The van der Waals surface area contributed by atoms with Gasteiger partial charge in [0.1, 0.15) is 5.75 Å². The predicted octanol–water partition coefficient (Wildman–Crippen LogP) is 4.80. The van der Waals surface area contributed by atoms with Gasteiger partial charge in [0.05, 0.1) is 47.2 Å². The molecular formula is C31H37F3N2O9S. The number of methoxy groups -OCH3 is 1. The Balaban J connectivity index is 1.53. The summed E-state index contributed by atoms with van der Waals surface area (Å²) in [7, 11) is -3.74. The summed E-state index contributed by atoms with van der Waals surface area (Å²) in [6.07, 6.45) is 1.10. The van der Waals surface area contributed by atoms with E-state index in [-0.39, 0.29) is 49.3 Å². The average molecular weight is 671 g/mol. The molecule has 252 valence electrons. The Labute approximate surface area is 264 Å². The zero-order valence-corrected chi connectivity index (χ0v) is 26.6. The first-order valence-electron chi connectivity index (χ1n) is 14.6. The maximum atomic E-state index is 15.0. The van der Waals surface area contributed by atoms with Crippen LogP contribution in [0.4, 0.5) is 18.9 Å². The van der Waals surface area contributed by atoms with Gasteiger partial charge in [0.15, 0.2) is 11.6 Å². The van der Waals surface area contributed by atoms with E-state index in [2.05, 4.69) is 10.6 Å². The van der Waals surface area contributed by atoms with E-state index in [1.54, 1.807) is 13.8 Å². The molecule has 46 heavy (non-hydrogen) atoms. The number of rotatable bonds is 10. The third-order valence-corrected chi connectivity index (χ3v) is 10.5. The third-order valence-electron chi connectivity index (χ3n) is 8.67. The van der Waals surface area contributed by atoms with Crippen LogP contribution in [0.1, 0.15) is 63.2 Å². The van der Waals surface area contributed by atoms with Crippen molar-refractivity contribution in [2.75, 3.05) is 25.6 Å². The van der Waals surface area contributed by atoms with Crippen LogP contribution in [-0.2, 0) is 24.2 Å². The van der Waals surface area contributed by atoms with E-state index >= 15 is 4.39 Å². The topological polar surface area (TPSA) is 157 Å². The SMILES string of the molecule is COc1cc(F)c(OC2CCC(C)(C(=O)O)CC2)cc1C(=O)N[C@]1(C)COCC[C@H]1C(=O)Nc1cccc(S(=O)(=O)C(C)(F)F)c1. The fraction of sp³-hybridized carbons (Fsp3) is 0.516. The molecule has 1 saturated heterocycles. The molecule has 1 aliphatic carbocycles. The van der Waals surface area contributed by atoms with E-state index in [1.807, 2.05) is 0 Å². The number of sulfone groups is 1. The minimum atomic E-state index is -4.99. The maximum absolute atomic E-state index is 15.0. The van der Waals surface area contributed by atoms with Crippen molar-refractivity contribution in [2.24, 2.45) is 11.3 Å². The number of halogens is 3. The van der Waals surface area contributed by atoms with Crippen molar-refractivity contribution in [1.29, 1.82) is 0 Å². The molecule has 2 atom stereocenters. The van der Waals surface area contributed by atoms with Crippen molar-refractivity contribution in [3.05, 3.63) is 47.8 Å². The minimum absolute atomic E-state index is 0.0381. The lowest BCUT2D eigenvalue weighted by atomic mass is 9.75. The fourth-order valence-corrected chi connectivity index (χ4v) is 6.62. The molecule has 4 rings (SSSR count). The Morgan fingerprint density at radius 3 is 2.35 bits per heavy atom. The lowest BCUT2D eigenvalue weighted by Gasteiger charge is -2.41. The van der Waals surface area contributed by atoms with Gasteiger partial charge in [-0.1, -0.05) is 6.07 Å². The largest absolute Gasteiger partial charge is 0.496 e. The highest BCUT2D eigenvalue weighted by Gasteiger charge is 2.45. The van der Waals surface area contributed by atoms with Gasteiger partial charge in [-0.25, -0.2) is 12.8 Å². The zero-order chi connectivity index (χ0) is 34.1. The molecule has 0 unspecified atom stereocenters. The number of nitrogens with one attached hydrogen (secondary N) is 2. The highest BCUT2D eigenvalue weighted by Crippen LogP contribution is 2.39. The summed E-state index contributed by atoms with van der Waals surface area (Å²) in [6, 6.07) is 6.68. The molecule has 11 nitrogen and oxygen atoms in total. The zero-order valence-electron chi connectivity index (χ0n) is 25.8. The predicted molar refractivity (Wildman–Crippen MR) is 159 cm³/mol. The van der Waals surface area contributed by atoms with Crippen molar-refractivity contribution in [3.8, 4) is 11.5 Å². The van der Waals surface area contributed by atoms with Crippen LogP contribution in [0.5, 0.6) is 11.5 Å². The number of alkyl halides is 2. The molecule has 0 bridgehead atoms. The van der Waals surface area contributed by atoms with Gasteiger partial charge < -0.3 is 30.0 Å². The number of hydrogen-bond acceptors (Lipinski definition) is 8. The van der Waals surface area contributed by atoms with E-state index in [4.69, 9.17) is 14.2 Å². The van der Waals surface area contributed by atoms with E-state index < -0.39 is 66.6 Å². The molecule has 1 aliphatic heterocycles. The number of carbonyl (C=O) groups is 3. The lowest BCUT2D eigenvalue weighted by Crippen LogP contribution is -2.60. The van der Waals surface area contributed by atoms with Crippen molar-refractivity contribution < 1.29 is 55.3 Å².